The van der Waals surface area contributed by atoms with E-state index in [0.717, 1.165) is 19.4 Å². The van der Waals surface area contributed by atoms with Crippen LogP contribution < -0.4 is 5.32 Å². The molecule has 1 unspecified atom stereocenters. The number of nitrogens with one attached hydrogen (secondary N) is 1. The Balaban J connectivity index is 1.76. The van der Waals surface area contributed by atoms with Crippen LogP contribution in [0.5, 0.6) is 0 Å². The number of ether oxygens (including phenoxy) is 2. The topological polar surface area (TPSA) is 47.6 Å². The van der Waals surface area contributed by atoms with Crippen LogP contribution >= 0.6 is 0 Å². The van der Waals surface area contributed by atoms with Crippen molar-refractivity contribution in [2.45, 2.75) is 103 Å². The molecular weight excluding hydrogens is 302 g/mol. The third kappa shape index (κ3) is 12.8. The largest absolute Gasteiger partial charge is 0.434 e. The van der Waals surface area contributed by atoms with Crippen molar-refractivity contribution >= 4 is 5.97 Å². The summed E-state index contributed by atoms with van der Waals surface area (Å²) in [6.45, 7) is 4.35. The van der Waals surface area contributed by atoms with Crippen molar-refractivity contribution < 1.29 is 14.3 Å². The Bertz CT molecular complexity index is 291. The van der Waals surface area contributed by atoms with Crippen molar-refractivity contribution in [3.63, 3.8) is 0 Å². The molecule has 0 saturated carbocycles. The Hall–Kier alpha value is -0.610. The molecule has 142 valence electrons. The van der Waals surface area contributed by atoms with Crippen LogP contribution in [0.1, 0.15) is 96.8 Å². The molecule has 0 radical (unpaired) electrons. The molecule has 0 aromatic rings. The molecule has 0 aromatic carbocycles. The Morgan fingerprint density at radius 1 is 0.917 bits per heavy atom. The lowest BCUT2D eigenvalue weighted by atomic mass is 10.0. The average molecular weight is 342 g/mol. The van der Waals surface area contributed by atoms with Gasteiger partial charge in [-0.25, -0.2) is 0 Å². The second-order valence-corrected chi connectivity index (χ2v) is 6.99. The van der Waals surface area contributed by atoms with Crippen LogP contribution in [-0.2, 0) is 14.3 Å². The molecule has 1 heterocycles. The van der Waals surface area contributed by atoms with Crippen LogP contribution in [-0.4, -0.2) is 32.0 Å². The minimum Gasteiger partial charge on any atom is -0.434 e. The van der Waals surface area contributed by atoms with E-state index in [0.29, 0.717) is 19.6 Å². The van der Waals surface area contributed by atoms with Crippen LogP contribution in [0.2, 0.25) is 0 Å². The number of rotatable bonds is 15. The van der Waals surface area contributed by atoms with Gasteiger partial charge in [0.05, 0.1) is 13.2 Å². The highest BCUT2D eigenvalue weighted by atomic mass is 16.7. The van der Waals surface area contributed by atoms with E-state index in [9.17, 15) is 4.79 Å². The molecule has 1 aliphatic rings. The predicted molar refractivity (Wildman–Crippen MR) is 99.0 cm³/mol. The minimum atomic E-state index is -0.381. The molecule has 1 N–H and O–H groups in total. The first-order chi connectivity index (χ1) is 11.8. The first-order valence-electron chi connectivity index (χ1n) is 10.3. The Morgan fingerprint density at radius 2 is 1.46 bits per heavy atom. The summed E-state index contributed by atoms with van der Waals surface area (Å²) in [5.41, 5.74) is 0. The van der Waals surface area contributed by atoms with E-state index >= 15 is 0 Å². The van der Waals surface area contributed by atoms with E-state index in [1.807, 2.05) is 0 Å². The monoisotopic (exact) mass is 341 g/mol. The van der Waals surface area contributed by atoms with Crippen LogP contribution in [0.15, 0.2) is 0 Å². The molecule has 1 fully saturated rings. The lowest BCUT2D eigenvalue weighted by Crippen LogP contribution is -2.41. The zero-order chi connectivity index (χ0) is 17.3. The molecule has 1 saturated heterocycles. The molecule has 1 aliphatic heterocycles. The second kappa shape index (κ2) is 15.9. The highest BCUT2D eigenvalue weighted by Gasteiger charge is 2.17. The van der Waals surface area contributed by atoms with E-state index in [2.05, 4.69) is 12.2 Å². The summed E-state index contributed by atoms with van der Waals surface area (Å²) in [4.78, 5) is 11.7. The van der Waals surface area contributed by atoms with Gasteiger partial charge in [0.1, 0.15) is 0 Å². The van der Waals surface area contributed by atoms with Gasteiger partial charge in [-0.05, 0) is 6.42 Å². The van der Waals surface area contributed by atoms with Gasteiger partial charge in [0.25, 0.3) is 0 Å². The van der Waals surface area contributed by atoms with Gasteiger partial charge in [0.2, 0.25) is 6.29 Å². The van der Waals surface area contributed by atoms with Crippen LogP contribution in [0.4, 0.5) is 0 Å². The summed E-state index contributed by atoms with van der Waals surface area (Å²) in [5, 5.41) is 3.16. The standard InChI is InChI=1S/C20H39NO3/c1-2-3-4-5-6-7-8-9-10-11-12-13-14-15-19(22)24-20-18-21-16-17-23-20/h20-21H,2-18H2,1H3. The smallest absolute Gasteiger partial charge is 0.308 e. The van der Waals surface area contributed by atoms with Gasteiger partial charge < -0.3 is 14.8 Å². The van der Waals surface area contributed by atoms with E-state index in [4.69, 9.17) is 9.47 Å². The number of unbranched alkanes of at least 4 members (excludes halogenated alkanes) is 12. The van der Waals surface area contributed by atoms with E-state index in [1.165, 1.54) is 70.6 Å². The fourth-order valence-electron chi connectivity index (χ4n) is 3.11. The molecule has 0 spiro atoms. The molecule has 0 amide bonds. The van der Waals surface area contributed by atoms with Gasteiger partial charge in [0.15, 0.2) is 0 Å². The third-order valence-electron chi connectivity index (χ3n) is 4.64. The highest BCUT2D eigenvalue weighted by Crippen LogP contribution is 2.13. The lowest BCUT2D eigenvalue weighted by Gasteiger charge is -2.23. The highest BCUT2D eigenvalue weighted by molar-refractivity contribution is 5.69. The quantitative estimate of drug-likeness (QED) is 0.338. The summed E-state index contributed by atoms with van der Waals surface area (Å²) in [6.07, 6.45) is 17.3. The Kier molecular flexibility index (Phi) is 14.2. The van der Waals surface area contributed by atoms with Crippen LogP contribution in [0.3, 0.4) is 0 Å². The molecule has 1 atom stereocenters. The maximum absolute atomic E-state index is 11.7. The van der Waals surface area contributed by atoms with E-state index < -0.39 is 0 Å². The SMILES string of the molecule is CCCCCCCCCCCCCCCC(=O)OC1CNCCO1. The van der Waals surface area contributed by atoms with Gasteiger partial charge >= 0.3 is 5.97 Å². The van der Waals surface area contributed by atoms with Gasteiger partial charge in [-0.3, -0.25) is 4.79 Å². The Labute approximate surface area is 149 Å². The zero-order valence-corrected chi connectivity index (χ0v) is 15.8. The summed E-state index contributed by atoms with van der Waals surface area (Å²) in [6, 6.07) is 0. The van der Waals surface area contributed by atoms with E-state index in [1.54, 1.807) is 0 Å². The second-order valence-electron chi connectivity index (χ2n) is 6.99. The van der Waals surface area contributed by atoms with Gasteiger partial charge in [-0.15, -0.1) is 0 Å². The Morgan fingerprint density at radius 3 is 1.96 bits per heavy atom. The number of carbonyl (C=O) groups is 1. The average Bonchev–Trinajstić information content (AvgIpc) is 2.60. The first kappa shape index (κ1) is 21.4. The molecule has 24 heavy (non-hydrogen) atoms. The maximum Gasteiger partial charge on any atom is 0.308 e. The van der Waals surface area contributed by atoms with Crippen LogP contribution in [0, 0.1) is 0 Å². The molecule has 0 aliphatic carbocycles. The number of esters is 1. The number of carbonyl (C=O) groups excluding carboxylic acids is 1. The molecule has 4 nitrogen and oxygen atoms in total. The number of hydrogen-bond acceptors (Lipinski definition) is 4. The van der Waals surface area contributed by atoms with Crippen molar-refractivity contribution in [2.24, 2.45) is 0 Å². The van der Waals surface area contributed by atoms with Gasteiger partial charge in [-0.2, -0.15) is 0 Å². The van der Waals surface area contributed by atoms with Gasteiger partial charge in [0, 0.05) is 13.0 Å². The normalized spacial score (nSPS) is 17.8. The van der Waals surface area contributed by atoms with E-state index in [-0.39, 0.29) is 12.3 Å². The summed E-state index contributed by atoms with van der Waals surface area (Å²) >= 11 is 0. The minimum absolute atomic E-state index is 0.119. The van der Waals surface area contributed by atoms with Crippen molar-refractivity contribution in [2.75, 3.05) is 19.7 Å². The molecule has 1 rings (SSSR count). The summed E-state index contributed by atoms with van der Waals surface area (Å²) < 4.78 is 10.6. The molecule has 4 heteroatoms. The van der Waals surface area contributed by atoms with Crippen molar-refractivity contribution in [3.8, 4) is 0 Å². The number of morpholine rings is 1. The molecule has 0 bridgehead atoms. The first-order valence-corrected chi connectivity index (χ1v) is 10.3. The van der Waals surface area contributed by atoms with Crippen molar-refractivity contribution in [1.29, 1.82) is 0 Å². The van der Waals surface area contributed by atoms with Crippen molar-refractivity contribution in [1.82, 2.24) is 5.32 Å². The zero-order valence-electron chi connectivity index (χ0n) is 15.8. The molecule has 0 aromatic heterocycles. The fraction of sp³-hybridized carbons (Fsp3) is 0.950. The summed E-state index contributed by atoms with van der Waals surface area (Å²) in [5.74, 6) is -0.119. The predicted octanol–water partition coefficient (Wildman–Crippen LogP) is 4.96. The number of hydrogen-bond donors (Lipinski definition) is 1. The fourth-order valence-corrected chi connectivity index (χ4v) is 3.11. The van der Waals surface area contributed by atoms with Crippen LogP contribution in [0.25, 0.3) is 0 Å². The summed E-state index contributed by atoms with van der Waals surface area (Å²) in [7, 11) is 0. The van der Waals surface area contributed by atoms with Crippen molar-refractivity contribution in [3.05, 3.63) is 0 Å². The maximum atomic E-state index is 11.7. The lowest BCUT2D eigenvalue weighted by molar-refractivity contribution is -0.182. The molecular formula is C20H39NO3. The van der Waals surface area contributed by atoms with Gasteiger partial charge in [-0.1, -0.05) is 84.0 Å². The third-order valence-corrected chi connectivity index (χ3v) is 4.64.